The van der Waals surface area contributed by atoms with Gasteiger partial charge in [0.25, 0.3) is 0 Å². The molecule has 1 aromatic heterocycles. The van der Waals surface area contributed by atoms with E-state index in [9.17, 15) is 9.59 Å². The molecule has 0 atom stereocenters. The number of fused-ring (bicyclic) bond motifs is 1. The molecule has 204 valence electrons. The monoisotopic (exact) mass is 524 g/mol. The highest BCUT2D eigenvalue weighted by molar-refractivity contribution is 5.90. The van der Waals surface area contributed by atoms with E-state index < -0.39 is 0 Å². The van der Waals surface area contributed by atoms with E-state index in [0.717, 1.165) is 41.6 Å². The average molecular weight is 525 g/mol. The number of hydrogen-bond acceptors (Lipinski definition) is 9. The Labute approximate surface area is 222 Å². The van der Waals surface area contributed by atoms with Crippen LogP contribution in [0, 0.1) is 0 Å². The van der Waals surface area contributed by atoms with Crippen LogP contribution in [-0.2, 0) is 20.9 Å². The van der Waals surface area contributed by atoms with Crippen LogP contribution in [-0.4, -0.2) is 72.6 Å². The van der Waals surface area contributed by atoms with E-state index in [1.807, 2.05) is 11.5 Å². The summed E-state index contributed by atoms with van der Waals surface area (Å²) in [5.41, 5.74) is 18.9. The van der Waals surface area contributed by atoms with Crippen LogP contribution in [0.2, 0.25) is 0 Å². The summed E-state index contributed by atoms with van der Waals surface area (Å²) in [5.74, 6) is 1.30. The number of amides is 3. The molecule has 6 N–H and O–H groups in total. The normalized spacial score (nSPS) is 14.6. The largest absolute Gasteiger partial charge is 0.387 e. The fourth-order valence-corrected chi connectivity index (χ4v) is 3.91. The number of amidine groups is 1. The highest BCUT2D eigenvalue weighted by atomic mass is 16.6. The number of urea groups is 1. The molecule has 3 amide bonds. The van der Waals surface area contributed by atoms with E-state index in [1.165, 1.54) is 5.57 Å². The van der Waals surface area contributed by atoms with Gasteiger partial charge in [0.15, 0.2) is 0 Å². The second-order valence-electron chi connectivity index (χ2n) is 8.61. The van der Waals surface area contributed by atoms with E-state index in [1.54, 1.807) is 17.3 Å². The summed E-state index contributed by atoms with van der Waals surface area (Å²) in [7, 11) is 0. The van der Waals surface area contributed by atoms with Gasteiger partial charge in [-0.15, -0.1) is 0 Å². The fraction of sp³-hybridized carbons (Fsp3) is 0.423. The topological polar surface area (TPSA) is 170 Å². The van der Waals surface area contributed by atoms with Crippen molar-refractivity contribution in [3.05, 3.63) is 47.6 Å². The number of nitrogens with two attached hydrogens (primary N) is 2. The number of hydroxylamine groups is 1. The summed E-state index contributed by atoms with van der Waals surface area (Å²) in [6, 6.07) is 6.05. The zero-order chi connectivity index (χ0) is 27.2. The summed E-state index contributed by atoms with van der Waals surface area (Å²) >= 11 is 0. The molecule has 0 bridgehead atoms. The number of nitrogens with zero attached hydrogens (tertiary/aromatic N) is 4. The highest BCUT2D eigenvalue weighted by Crippen LogP contribution is 2.32. The highest BCUT2D eigenvalue weighted by Gasteiger charge is 2.15. The molecule has 0 radical (unpaired) electrons. The van der Waals surface area contributed by atoms with Gasteiger partial charge in [0, 0.05) is 49.6 Å². The van der Waals surface area contributed by atoms with Crippen LogP contribution in [0.25, 0.3) is 17.2 Å². The third-order valence-electron chi connectivity index (χ3n) is 5.76. The molecule has 3 heterocycles. The van der Waals surface area contributed by atoms with Crippen LogP contribution in [0.4, 0.5) is 10.5 Å². The SMILES string of the molecule is CCCC1=Cc2ccc(-c3cnc(CN)nc3)cc2N=C(N)C1.O=CNOCCNC(=O)N1CCOCC1. The molecule has 0 unspecified atom stereocenters. The van der Waals surface area contributed by atoms with Gasteiger partial charge in [-0.2, -0.15) is 0 Å². The first-order valence-electron chi connectivity index (χ1n) is 12.6. The Morgan fingerprint density at radius 3 is 2.66 bits per heavy atom. The Hall–Kier alpha value is -3.87. The fourth-order valence-electron chi connectivity index (χ4n) is 3.91. The van der Waals surface area contributed by atoms with Crippen LogP contribution < -0.4 is 22.3 Å². The molecule has 2 aliphatic heterocycles. The number of ether oxygens (including phenoxy) is 1. The molecule has 0 aliphatic carbocycles. The summed E-state index contributed by atoms with van der Waals surface area (Å²) < 4.78 is 5.11. The number of hydrogen-bond donors (Lipinski definition) is 4. The predicted octanol–water partition coefficient (Wildman–Crippen LogP) is 1.88. The van der Waals surface area contributed by atoms with Crippen LogP contribution in [0.1, 0.15) is 37.6 Å². The standard InChI is InChI=1S/C18H21N5.C8H15N3O4/c1-2-3-12-6-14-5-4-13(8-16(14)23-17(20)7-12)15-10-21-18(9-19)22-11-15;12-7-10-15-4-1-9-8(13)11-2-5-14-6-3-11/h4-6,8,10-11H,2-3,7,9,19H2,1H3,(H2,20,23);7H,1-6H2,(H,9,13)(H,10,12). The first-order valence-corrected chi connectivity index (χ1v) is 12.6. The van der Waals surface area contributed by atoms with Gasteiger partial charge in [0.2, 0.25) is 6.41 Å². The van der Waals surface area contributed by atoms with Crippen molar-refractivity contribution in [2.24, 2.45) is 16.5 Å². The molecule has 12 nitrogen and oxygen atoms in total. The molecule has 2 aromatic rings. The zero-order valence-corrected chi connectivity index (χ0v) is 21.7. The molecule has 2 aliphatic rings. The number of carbonyl (C=O) groups excluding carboxylic acids is 2. The quantitative estimate of drug-likeness (QED) is 0.219. The first-order chi connectivity index (χ1) is 18.5. The van der Waals surface area contributed by atoms with Crippen molar-refractivity contribution in [2.45, 2.75) is 32.7 Å². The Balaban J connectivity index is 0.000000232. The van der Waals surface area contributed by atoms with Crippen molar-refractivity contribution in [3.63, 3.8) is 0 Å². The van der Waals surface area contributed by atoms with Gasteiger partial charge in [0.05, 0.1) is 32.1 Å². The van der Waals surface area contributed by atoms with Crippen molar-refractivity contribution in [1.82, 2.24) is 25.7 Å². The van der Waals surface area contributed by atoms with Crippen LogP contribution >= 0.6 is 0 Å². The smallest absolute Gasteiger partial charge is 0.317 e. The summed E-state index contributed by atoms with van der Waals surface area (Å²) in [6.07, 6.45) is 9.12. The molecular weight excluding hydrogens is 488 g/mol. The molecule has 0 spiro atoms. The number of benzene rings is 1. The Kier molecular flexibility index (Phi) is 11.6. The molecular formula is C26H36N8O4. The Morgan fingerprint density at radius 2 is 1.97 bits per heavy atom. The number of carbonyl (C=O) groups is 2. The number of rotatable bonds is 9. The third-order valence-corrected chi connectivity index (χ3v) is 5.76. The summed E-state index contributed by atoms with van der Waals surface area (Å²) in [5, 5.41) is 2.66. The number of aliphatic imine (C=N–C) groups is 1. The minimum absolute atomic E-state index is 0.131. The van der Waals surface area contributed by atoms with Gasteiger partial charge in [-0.1, -0.05) is 37.1 Å². The zero-order valence-electron chi connectivity index (χ0n) is 21.7. The lowest BCUT2D eigenvalue weighted by molar-refractivity contribution is -0.120. The molecule has 38 heavy (non-hydrogen) atoms. The van der Waals surface area contributed by atoms with Gasteiger partial charge < -0.3 is 26.4 Å². The minimum Gasteiger partial charge on any atom is -0.387 e. The maximum atomic E-state index is 11.4. The van der Waals surface area contributed by atoms with Crippen molar-refractivity contribution in [3.8, 4) is 11.1 Å². The van der Waals surface area contributed by atoms with Crippen molar-refractivity contribution < 1.29 is 19.2 Å². The van der Waals surface area contributed by atoms with Crippen molar-refractivity contribution in [2.75, 3.05) is 39.5 Å². The number of nitrogens with one attached hydrogen (secondary N) is 2. The van der Waals surface area contributed by atoms with E-state index in [-0.39, 0.29) is 12.6 Å². The molecule has 1 fully saturated rings. The number of morpholine rings is 1. The van der Waals surface area contributed by atoms with Gasteiger partial charge in [-0.05, 0) is 18.1 Å². The Bertz CT molecular complexity index is 1110. The molecule has 4 rings (SSSR count). The predicted molar refractivity (Wildman–Crippen MR) is 145 cm³/mol. The maximum Gasteiger partial charge on any atom is 0.317 e. The lowest BCUT2D eigenvalue weighted by atomic mass is 10.0. The van der Waals surface area contributed by atoms with Crippen LogP contribution in [0.5, 0.6) is 0 Å². The number of aromatic nitrogens is 2. The van der Waals surface area contributed by atoms with E-state index in [2.05, 4.69) is 50.2 Å². The van der Waals surface area contributed by atoms with Crippen LogP contribution in [0.15, 0.2) is 41.2 Å². The van der Waals surface area contributed by atoms with E-state index >= 15 is 0 Å². The lowest BCUT2D eigenvalue weighted by Crippen LogP contribution is -2.47. The van der Waals surface area contributed by atoms with E-state index in [0.29, 0.717) is 57.5 Å². The second-order valence-corrected chi connectivity index (χ2v) is 8.61. The van der Waals surface area contributed by atoms with Crippen LogP contribution in [0.3, 0.4) is 0 Å². The van der Waals surface area contributed by atoms with Gasteiger partial charge in [-0.25, -0.2) is 25.2 Å². The third kappa shape index (κ3) is 8.91. The molecule has 1 saturated heterocycles. The maximum absolute atomic E-state index is 11.4. The molecule has 0 saturated carbocycles. The Morgan fingerprint density at radius 1 is 1.21 bits per heavy atom. The summed E-state index contributed by atoms with van der Waals surface area (Å²) in [6.45, 7) is 5.50. The summed E-state index contributed by atoms with van der Waals surface area (Å²) in [4.78, 5) is 40.6. The second kappa shape index (κ2) is 15.4. The average Bonchev–Trinajstić information content (AvgIpc) is 3.10. The van der Waals surface area contributed by atoms with Gasteiger partial charge in [0.1, 0.15) is 11.7 Å². The molecule has 12 heteroatoms. The van der Waals surface area contributed by atoms with Gasteiger partial charge in [-0.3, -0.25) is 9.63 Å². The van der Waals surface area contributed by atoms with Crippen molar-refractivity contribution >= 4 is 30.0 Å². The molecule has 1 aromatic carbocycles. The van der Waals surface area contributed by atoms with Gasteiger partial charge >= 0.3 is 6.03 Å². The first kappa shape index (κ1) is 28.7. The van der Waals surface area contributed by atoms with Crippen molar-refractivity contribution in [1.29, 1.82) is 0 Å². The van der Waals surface area contributed by atoms with E-state index in [4.69, 9.17) is 16.2 Å². The lowest BCUT2D eigenvalue weighted by Gasteiger charge is -2.26. The minimum atomic E-state index is -0.131.